The largest absolute Gasteiger partial charge is 0.350 e. The van der Waals surface area contributed by atoms with Crippen molar-refractivity contribution in [3.63, 3.8) is 0 Å². The number of amides is 1. The van der Waals surface area contributed by atoms with Gasteiger partial charge in [0.15, 0.2) is 0 Å². The second-order valence-corrected chi connectivity index (χ2v) is 6.91. The van der Waals surface area contributed by atoms with Gasteiger partial charge >= 0.3 is 0 Å². The Morgan fingerprint density at radius 2 is 2.16 bits per heavy atom. The van der Waals surface area contributed by atoms with Crippen molar-refractivity contribution in [1.82, 2.24) is 5.32 Å². The molecule has 0 saturated heterocycles. The van der Waals surface area contributed by atoms with Crippen LogP contribution in [-0.2, 0) is 12.8 Å². The molecule has 1 heterocycles. The lowest BCUT2D eigenvalue weighted by Gasteiger charge is -2.19. The van der Waals surface area contributed by atoms with Crippen molar-refractivity contribution in [2.75, 3.05) is 6.54 Å². The van der Waals surface area contributed by atoms with Crippen LogP contribution < -0.4 is 5.32 Å². The maximum Gasteiger partial charge on any atom is 0.261 e. The first-order chi connectivity index (χ1) is 9.15. The topological polar surface area (TPSA) is 29.1 Å². The minimum absolute atomic E-state index is 0.0331. The van der Waals surface area contributed by atoms with Gasteiger partial charge in [-0.15, -0.1) is 22.9 Å². The lowest BCUT2D eigenvalue weighted by molar-refractivity contribution is 0.0955. The third kappa shape index (κ3) is 3.51. The zero-order valence-electron chi connectivity index (χ0n) is 11.7. The predicted octanol–water partition coefficient (Wildman–Crippen LogP) is 4.01. The zero-order valence-corrected chi connectivity index (χ0v) is 13.2. The maximum atomic E-state index is 12.1. The van der Waals surface area contributed by atoms with Gasteiger partial charge in [-0.1, -0.05) is 26.7 Å². The van der Waals surface area contributed by atoms with E-state index in [4.69, 9.17) is 11.6 Å². The fourth-order valence-electron chi connectivity index (χ4n) is 2.69. The lowest BCUT2D eigenvalue weighted by atomic mass is 9.99. The van der Waals surface area contributed by atoms with Gasteiger partial charge in [0, 0.05) is 11.4 Å². The summed E-state index contributed by atoms with van der Waals surface area (Å²) >= 11 is 7.99. The van der Waals surface area contributed by atoms with Gasteiger partial charge < -0.3 is 5.32 Å². The first-order valence-corrected chi connectivity index (χ1v) is 8.44. The molecule has 0 spiro atoms. The van der Waals surface area contributed by atoms with E-state index in [-0.39, 0.29) is 11.3 Å². The molecule has 0 saturated carbocycles. The number of carbonyl (C=O) groups excluding carboxylic acids is 1. The number of carbonyl (C=O) groups is 1. The van der Waals surface area contributed by atoms with Crippen molar-refractivity contribution in [2.45, 2.75) is 51.3 Å². The molecule has 1 N–H and O–H groups in total. The predicted molar refractivity (Wildman–Crippen MR) is 82.4 cm³/mol. The number of alkyl halides is 1. The van der Waals surface area contributed by atoms with Gasteiger partial charge in [-0.2, -0.15) is 0 Å². The highest BCUT2D eigenvalue weighted by Crippen LogP contribution is 2.30. The fraction of sp³-hybridized carbons (Fsp3) is 0.667. The van der Waals surface area contributed by atoms with Crippen molar-refractivity contribution in [3.05, 3.63) is 21.4 Å². The van der Waals surface area contributed by atoms with Crippen LogP contribution in [0.2, 0.25) is 0 Å². The molecule has 1 aromatic rings. The molecule has 1 unspecified atom stereocenters. The molecule has 19 heavy (non-hydrogen) atoms. The van der Waals surface area contributed by atoms with Gasteiger partial charge in [0.2, 0.25) is 0 Å². The second-order valence-electron chi connectivity index (χ2n) is 5.22. The molecular formula is C15H22ClNOS. The summed E-state index contributed by atoms with van der Waals surface area (Å²) in [6.45, 7) is 4.86. The van der Waals surface area contributed by atoms with Crippen LogP contribution in [0.25, 0.3) is 0 Å². The molecule has 1 amide bonds. The number of rotatable bonds is 6. The van der Waals surface area contributed by atoms with Crippen LogP contribution in [0.1, 0.15) is 53.2 Å². The van der Waals surface area contributed by atoms with Gasteiger partial charge in [-0.25, -0.2) is 0 Å². The number of hydrogen-bond acceptors (Lipinski definition) is 2. The molecule has 4 heteroatoms. The van der Waals surface area contributed by atoms with Crippen molar-refractivity contribution in [1.29, 1.82) is 0 Å². The van der Waals surface area contributed by atoms with E-state index in [0.29, 0.717) is 12.5 Å². The van der Waals surface area contributed by atoms with Crippen molar-refractivity contribution < 1.29 is 4.79 Å². The highest BCUT2D eigenvalue weighted by molar-refractivity contribution is 7.14. The molecule has 0 aromatic carbocycles. The standard InChI is InChI=1S/C15H22ClNOS/c1-3-10(4-2)12(16)9-17-15(18)14-8-11-6-5-7-13(11)19-14/h8,10,12H,3-7,9H2,1-2H3,(H,17,18). The van der Waals surface area contributed by atoms with E-state index in [1.807, 2.05) is 0 Å². The summed E-state index contributed by atoms with van der Waals surface area (Å²) < 4.78 is 0. The molecule has 0 radical (unpaired) electrons. The summed E-state index contributed by atoms with van der Waals surface area (Å²) in [5.74, 6) is 0.520. The van der Waals surface area contributed by atoms with Crippen molar-refractivity contribution in [3.8, 4) is 0 Å². The average Bonchev–Trinajstić information content (AvgIpc) is 2.98. The number of fused-ring (bicyclic) bond motifs is 1. The summed E-state index contributed by atoms with van der Waals surface area (Å²) in [5.41, 5.74) is 1.37. The van der Waals surface area contributed by atoms with E-state index in [1.54, 1.807) is 11.3 Å². The van der Waals surface area contributed by atoms with Gasteiger partial charge in [0.25, 0.3) is 5.91 Å². The van der Waals surface area contributed by atoms with E-state index in [9.17, 15) is 4.79 Å². The van der Waals surface area contributed by atoms with Crippen LogP contribution in [0.3, 0.4) is 0 Å². The molecule has 1 aromatic heterocycles. The molecule has 2 nitrogen and oxygen atoms in total. The highest BCUT2D eigenvalue weighted by atomic mass is 35.5. The first kappa shape index (κ1) is 14.9. The highest BCUT2D eigenvalue weighted by Gasteiger charge is 2.20. The summed E-state index contributed by atoms with van der Waals surface area (Å²) in [4.78, 5) is 14.3. The Hall–Kier alpha value is -0.540. The number of aryl methyl sites for hydroxylation is 2. The average molecular weight is 300 g/mol. The van der Waals surface area contributed by atoms with E-state index in [2.05, 4.69) is 25.2 Å². The van der Waals surface area contributed by atoms with Gasteiger partial charge in [0.1, 0.15) is 0 Å². The van der Waals surface area contributed by atoms with Crippen LogP contribution in [0.5, 0.6) is 0 Å². The van der Waals surface area contributed by atoms with Crippen LogP contribution in [0.15, 0.2) is 6.07 Å². The molecule has 0 bridgehead atoms. The Balaban J connectivity index is 1.87. The number of nitrogens with one attached hydrogen (secondary N) is 1. The van der Waals surface area contributed by atoms with Crippen molar-refractivity contribution >= 4 is 28.8 Å². The Morgan fingerprint density at radius 3 is 2.79 bits per heavy atom. The maximum absolute atomic E-state index is 12.1. The van der Waals surface area contributed by atoms with Gasteiger partial charge in [-0.3, -0.25) is 4.79 Å². The number of thiophene rings is 1. The third-order valence-corrected chi connectivity index (χ3v) is 5.73. The van der Waals surface area contributed by atoms with Crippen LogP contribution in [-0.4, -0.2) is 17.8 Å². The molecule has 1 aliphatic rings. The first-order valence-electron chi connectivity index (χ1n) is 7.19. The van der Waals surface area contributed by atoms with E-state index < -0.39 is 0 Å². The summed E-state index contributed by atoms with van der Waals surface area (Å²) in [6, 6.07) is 2.06. The van der Waals surface area contributed by atoms with E-state index in [1.165, 1.54) is 16.9 Å². The molecule has 106 valence electrons. The number of halogens is 1. The van der Waals surface area contributed by atoms with Crippen LogP contribution in [0.4, 0.5) is 0 Å². The van der Waals surface area contributed by atoms with E-state index >= 15 is 0 Å². The van der Waals surface area contributed by atoms with Crippen molar-refractivity contribution in [2.24, 2.45) is 5.92 Å². The Labute approximate surface area is 124 Å². The van der Waals surface area contributed by atoms with Gasteiger partial charge in [-0.05, 0) is 36.8 Å². The minimum Gasteiger partial charge on any atom is -0.350 e. The van der Waals surface area contributed by atoms with Crippen LogP contribution in [0, 0.1) is 5.92 Å². The number of hydrogen-bond donors (Lipinski definition) is 1. The molecule has 0 aliphatic heterocycles. The third-order valence-electron chi connectivity index (χ3n) is 3.99. The minimum atomic E-state index is 0.0331. The fourth-order valence-corrected chi connectivity index (χ4v) is 4.29. The van der Waals surface area contributed by atoms with Gasteiger partial charge in [0.05, 0.1) is 10.3 Å². The van der Waals surface area contributed by atoms with Crippen LogP contribution >= 0.6 is 22.9 Å². The molecule has 1 aliphatic carbocycles. The summed E-state index contributed by atoms with van der Waals surface area (Å²) in [6.07, 6.45) is 5.63. The Kier molecular flexibility index (Phi) is 5.28. The SMILES string of the molecule is CCC(CC)C(Cl)CNC(=O)c1cc2c(s1)CCC2. The quantitative estimate of drug-likeness (QED) is 0.790. The van der Waals surface area contributed by atoms with E-state index in [0.717, 1.165) is 30.6 Å². The molecule has 0 fully saturated rings. The normalized spacial score (nSPS) is 15.6. The monoisotopic (exact) mass is 299 g/mol. The Bertz CT molecular complexity index is 418. The Morgan fingerprint density at radius 1 is 1.42 bits per heavy atom. The second kappa shape index (κ2) is 6.76. The lowest BCUT2D eigenvalue weighted by Crippen LogP contribution is -2.32. The summed E-state index contributed by atoms with van der Waals surface area (Å²) in [7, 11) is 0. The smallest absolute Gasteiger partial charge is 0.261 e. The molecule has 1 atom stereocenters. The summed E-state index contributed by atoms with van der Waals surface area (Å²) in [5, 5.41) is 3.01. The molecular weight excluding hydrogens is 278 g/mol. The zero-order chi connectivity index (χ0) is 13.8. The molecule has 2 rings (SSSR count).